The van der Waals surface area contributed by atoms with Gasteiger partial charge in [-0.1, -0.05) is 25.7 Å². The molecule has 4 rings (SSSR count). The van der Waals surface area contributed by atoms with Crippen LogP contribution in [0.1, 0.15) is 108 Å². The van der Waals surface area contributed by atoms with Gasteiger partial charge in [-0.15, -0.1) is 0 Å². The van der Waals surface area contributed by atoms with Gasteiger partial charge in [0.2, 0.25) is 0 Å². The molecule has 45 heavy (non-hydrogen) atoms. The van der Waals surface area contributed by atoms with Gasteiger partial charge in [0.05, 0.1) is 25.0 Å². The molecule has 0 aliphatic carbocycles. The first kappa shape index (κ1) is 33.2. The van der Waals surface area contributed by atoms with Gasteiger partial charge in [-0.05, 0) is 96.4 Å². The molecular weight excluding hydrogens is 568 g/mol. The predicted molar refractivity (Wildman–Crippen MR) is 172 cm³/mol. The van der Waals surface area contributed by atoms with E-state index in [0.29, 0.717) is 48.6 Å². The number of benzene rings is 1. The molecule has 1 fully saturated rings. The van der Waals surface area contributed by atoms with Crippen molar-refractivity contribution in [2.24, 2.45) is 5.92 Å². The van der Waals surface area contributed by atoms with Crippen molar-refractivity contribution in [1.82, 2.24) is 29.7 Å². The second-order valence-electron chi connectivity index (χ2n) is 13.4. The zero-order valence-electron chi connectivity index (χ0n) is 27.6. The summed E-state index contributed by atoms with van der Waals surface area (Å²) in [4.78, 5) is 44.1. The van der Waals surface area contributed by atoms with Crippen molar-refractivity contribution >= 4 is 12.2 Å². The van der Waals surface area contributed by atoms with Gasteiger partial charge < -0.3 is 24.3 Å². The number of carbonyl (C=O) groups is 2. The lowest BCUT2D eigenvalue weighted by Gasteiger charge is -2.27. The number of aromatic nitrogens is 4. The molecule has 10 nitrogen and oxygen atoms in total. The molecule has 1 aliphatic heterocycles. The molecule has 1 aromatic carbocycles. The normalized spacial score (nSPS) is 16.3. The minimum absolute atomic E-state index is 0.172. The van der Waals surface area contributed by atoms with Crippen LogP contribution in [0.3, 0.4) is 0 Å². The molecule has 2 unspecified atom stereocenters. The van der Waals surface area contributed by atoms with Crippen molar-refractivity contribution in [3.8, 4) is 23.7 Å². The lowest BCUT2D eigenvalue weighted by molar-refractivity contribution is 0.0209. The van der Waals surface area contributed by atoms with Crippen LogP contribution in [0.15, 0.2) is 36.7 Å². The highest BCUT2D eigenvalue weighted by Crippen LogP contribution is 2.35. The fourth-order valence-corrected chi connectivity index (χ4v) is 4.83. The minimum Gasteiger partial charge on any atom is -0.444 e. The van der Waals surface area contributed by atoms with Crippen LogP contribution in [0.25, 0.3) is 0 Å². The topological polar surface area (TPSA) is 116 Å². The largest absolute Gasteiger partial charge is 0.444 e. The fraction of sp³-hybridized carbons (Fsp3) is 0.486. The Labute approximate surface area is 266 Å². The SMILES string of the molecule is CCCN(Cc1ncc(C#Cc2ccc(C#Cc3cnc(C4CC(C)CN4C(=O)OC(C)(C)C)[nH]3)cc2)[nH]1)C(=O)OC(C)(C)C. The lowest BCUT2D eigenvalue weighted by Crippen LogP contribution is -2.37. The van der Waals surface area contributed by atoms with Crippen molar-refractivity contribution in [3.05, 3.63) is 70.8 Å². The summed E-state index contributed by atoms with van der Waals surface area (Å²) in [6.07, 6.45) is 4.30. The van der Waals surface area contributed by atoms with Crippen LogP contribution in [-0.2, 0) is 16.0 Å². The molecule has 0 bridgehead atoms. The van der Waals surface area contributed by atoms with Gasteiger partial charge in [0.25, 0.3) is 0 Å². The molecule has 0 radical (unpaired) electrons. The molecule has 10 heteroatoms. The van der Waals surface area contributed by atoms with Gasteiger partial charge in [0, 0.05) is 24.2 Å². The minimum atomic E-state index is -0.562. The molecule has 2 amide bonds. The quantitative estimate of drug-likeness (QED) is 0.322. The van der Waals surface area contributed by atoms with E-state index in [2.05, 4.69) is 50.5 Å². The number of carbonyl (C=O) groups excluding carboxylic acids is 2. The molecule has 2 aromatic heterocycles. The summed E-state index contributed by atoms with van der Waals surface area (Å²) in [6.45, 7) is 16.8. The van der Waals surface area contributed by atoms with Crippen molar-refractivity contribution < 1.29 is 19.1 Å². The van der Waals surface area contributed by atoms with E-state index in [1.165, 1.54) is 0 Å². The predicted octanol–water partition coefficient (Wildman–Crippen LogP) is 6.40. The number of hydrogen-bond donors (Lipinski definition) is 2. The average molecular weight is 613 g/mol. The third-order valence-electron chi connectivity index (χ3n) is 6.73. The molecule has 3 aromatic rings. The molecule has 238 valence electrons. The lowest BCUT2D eigenvalue weighted by atomic mass is 10.1. The highest BCUT2D eigenvalue weighted by Gasteiger charge is 2.38. The zero-order valence-corrected chi connectivity index (χ0v) is 27.6. The number of nitrogens with one attached hydrogen (secondary N) is 2. The summed E-state index contributed by atoms with van der Waals surface area (Å²) in [5, 5.41) is 0. The maximum Gasteiger partial charge on any atom is 0.410 e. The number of ether oxygens (including phenoxy) is 2. The van der Waals surface area contributed by atoms with E-state index in [-0.39, 0.29) is 18.2 Å². The molecule has 3 heterocycles. The number of amides is 2. The summed E-state index contributed by atoms with van der Waals surface area (Å²) in [7, 11) is 0. The van der Waals surface area contributed by atoms with Gasteiger partial charge in [-0.25, -0.2) is 19.6 Å². The molecule has 1 aliphatic rings. The van der Waals surface area contributed by atoms with Crippen LogP contribution < -0.4 is 0 Å². The monoisotopic (exact) mass is 612 g/mol. The second-order valence-corrected chi connectivity index (χ2v) is 13.4. The number of imidazole rings is 2. The smallest absolute Gasteiger partial charge is 0.410 e. The van der Waals surface area contributed by atoms with Gasteiger partial charge in [-0.2, -0.15) is 0 Å². The molecule has 0 saturated carbocycles. The fourth-order valence-electron chi connectivity index (χ4n) is 4.83. The summed E-state index contributed by atoms with van der Waals surface area (Å²) in [6, 6.07) is 7.49. The zero-order chi connectivity index (χ0) is 32.8. The highest BCUT2D eigenvalue weighted by molar-refractivity contribution is 5.69. The van der Waals surface area contributed by atoms with Gasteiger partial charge in [-0.3, -0.25) is 4.90 Å². The Balaban J connectivity index is 1.37. The Morgan fingerprint density at radius 3 is 2.07 bits per heavy atom. The van der Waals surface area contributed by atoms with Crippen molar-refractivity contribution in [3.63, 3.8) is 0 Å². The van der Waals surface area contributed by atoms with Crippen molar-refractivity contribution in [2.45, 2.75) is 92.0 Å². The summed E-state index contributed by atoms with van der Waals surface area (Å²) in [5.41, 5.74) is 1.89. The van der Waals surface area contributed by atoms with E-state index >= 15 is 0 Å². The van der Waals surface area contributed by atoms with E-state index in [1.54, 1.807) is 22.2 Å². The maximum absolute atomic E-state index is 12.8. The first-order valence-electron chi connectivity index (χ1n) is 15.4. The number of nitrogens with zero attached hydrogens (tertiary/aromatic N) is 4. The Bertz CT molecular complexity index is 1600. The maximum atomic E-state index is 12.8. The van der Waals surface area contributed by atoms with E-state index < -0.39 is 11.2 Å². The third kappa shape index (κ3) is 9.90. The number of likely N-dealkylation sites (tertiary alicyclic amines) is 1. The molecular formula is C35H44N6O4. The van der Waals surface area contributed by atoms with E-state index in [4.69, 9.17) is 9.47 Å². The first-order chi connectivity index (χ1) is 21.2. The highest BCUT2D eigenvalue weighted by atomic mass is 16.6. The second kappa shape index (κ2) is 13.9. The van der Waals surface area contributed by atoms with Gasteiger partial charge in [0.15, 0.2) is 0 Å². The number of aromatic amines is 2. The van der Waals surface area contributed by atoms with Gasteiger partial charge in [0.1, 0.15) is 34.2 Å². The van der Waals surface area contributed by atoms with Crippen molar-refractivity contribution in [2.75, 3.05) is 13.1 Å². The standard InChI is InChI=1S/C35H44N6O4/c1-9-18-40(32(42)44-34(3,4)5)23-30-36-20-27(38-30)16-14-25-10-12-26(13-11-25)15-17-28-21-37-31(39-28)29-19-24(2)22-41(29)33(43)45-35(6,7)8/h10-13,20-21,24,29H,9,18-19,22-23H2,1-8H3,(H,36,38)(H,37,39). The van der Waals surface area contributed by atoms with E-state index in [9.17, 15) is 9.59 Å². The van der Waals surface area contributed by atoms with E-state index in [0.717, 1.165) is 24.0 Å². The molecule has 1 saturated heterocycles. The van der Waals surface area contributed by atoms with Crippen LogP contribution >= 0.6 is 0 Å². The summed E-state index contributed by atoms with van der Waals surface area (Å²) >= 11 is 0. The number of H-pyrrole nitrogens is 2. The Morgan fingerprint density at radius 1 is 0.911 bits per heavy atom. The molecule has 0 spiro atoms. The molecule has 2 atom stereocenters. The van der Waals surface area contributed by atoms with Crippen LogP contribution in [-0.4, -0.2) is 66.2 Å². The van der Waals surface area contributed by atoms with Crippen molar-refractivity contribution in [1.29, 1.82) is 0 Å². The van der Waals surface area contributed by atoms with E-state index in [1.807, 2.05) is 72.7 Å². The Morgan fingerprint density at radius 2 is 1.49 bits per heavy atom. The molecule has 2 N–H and O–H groups in total. The first-order valence-corrected chi connectivity index (χ1v) is 15.4. The van der Waals surface area contributed by atoms with Crippen LogP contribution in [0.2, 0.25) is 0 Å². The Kier molecular flexibility index (Phi) is 10.3. The van der Waals surface area contributed by atoms with Crippen LogP contribution in [0, 0.1) is 29.6 Å². The summed E-state index contributed by atoms with van der Waals surface area (Å²) < 4.78 is 11.1. The van der Waals surface area contributed by atoms with Crippen LogP contribution in [0.5, 0.6) is 0 Å². The van der Waals surface area contributed by atoms with Gasteiger partial charge >= 0.3 is 12.2 Å². The number of hydrogen-bond acceptors (Lipinski definition) is 6. The Hall–Kier alpha value is -4.70. The van der Waals surface area contributed by atoms with Crippen LogP contribution in [0.4, 0.5) is 9.59 Å². The number of rotatable bonds is 5. The third-order valence-corrected chi connectivity index (χ3v) is 6.73. The average Bonchev–Trinajstić information content (AvgIpc) is 3.69. The summed E-state index contributed by atoms with van der Waals surface area (Å²) in [5.74, 6) is 14.2.